The summed E-state index contributed by atoms with van der Waals surface area (Å²) in [6.45, 7) is 2.12. The van der Waals surface area contributed by atoms with Crippen molar-refractivity contribution in [2.45, 2.75) is 17.7 Å². The number of aromatic nitrogens is 2. The molecule has 0 atom stereocenters. The molecule has 20 heavy (non-hydrogen) atoms. The van der Waals surface area contributed by atoms with Gasteiger partial charge in [0.05, 0.1) is 10.5 Å². The molecule has 0 bridgehead atoms. The molecule has 4 heteroatoms. The molecular weight excluding hydrogens is 288 g/mol. The first-order valence-corrected chi connectivity index (χ1v) is 7.68. The van der Waals surface area contributed by atoms with Gasteiger partial charge in [-0.15, -0.1) is 11.8 Å². The van der Waals surface area contributed by atoms with Gasteiger partial charge in [-0.2, -0.15) is 0 Å². The third-order valence-corrected chi connectivity index (χ3v) is 4.28. The van der Waals surface area contributed by atoms with Gasteiger partial charge in [-0.25, -0.2) is 9.97 Å². The first kappa shape index (κ1) is 13.4. The van der Waals surface area contributed by atoms with Crippen molar-refractivity contribution < 1.29 is 0 Å². The van der Waals surface area contributed by atoms with Crippen LogP contribution in [0.4, 0.5) is 0 Å². The predicted molar refractivity (Wildman–Crippen MR) is 85.3 cm³/mol. The van der Waals surface area contributed by atoms with E-state index in [9.17, 15) is 0 Å². The number of hydrogen-bond acceptors (Lipinski definition) is 3. The highest BCUT2D eigenvalue weighted by Gasteiger charge is 2.03. The monoisotopic (exact) mass is 300 g/mol. The molecule has 2 heterocycles. The van der Waals surface area contributed by atoms with Crippen LogP contribution in [0.25, 0.3) is 10.9 Å². The lowest BCUT2D eigenvalue weighted by molar-refractivity contribution is 1.16. The fourth-order valence-electron chi connectivity index (χ4n) is 2.04. The molecule has 2 nitrogen and oxygen atoms in total. The van der Waals surface area contributed by atoms with Crippen LogP contribution in [-0.4, -0.2) is 9.97 Å². The minimum Gasteiger partial charge on any atom is -0.244 e. The maximum absolute atomic E-state index is 5.78. The van der Waals surface area contributed by atoms with E-state index in [1.807, 2.05) is 30.5 Å². The van der Waals surface area contributed by atoms with Gasteiger partial charge in [0.15, 0.2) is 0 Å². The molecule has 1 aromatic carbocycles. The molecule has 3 aromatic rings. The largest absolute Gasteiger partial charge is 0.244 e. The highest BCUT2D eigenvalue weighted by atomic mass is 35.5. The van der Waals surface area contributed by atoms with Gasteiger partial charge >= 0.3 is 0 Å². The smallest absolute Gasteiger partial charge is 0.129 e. The number of benzene rings is 1. The summed E-state index contributed by atoms with van der Waals surface area (Å²) >= 11 is 7.50. The average molecular weight is 301 g/mol. The summed E-state index contributed by atoms with van der Waals surface area (Å²) in [6, 6.07) is 14.2. The van der Waals surface area contributed by atoms with E-state index in [0.29, 0.717) is 5.15 Å². The van der Waals surface area contributed by atoms with Crippen molar-refractivity contribution >= 4 is 34.3 Å². The van der Waals surface area contributed by atoms with Crippen LogP contribution in [0.2, 0.25) is 5.15 Å². The van der Waals surface area contributed by atoms with Gasteiger partial charge in [-0.3, -0.25) is 0 Å². The second kappa shape index (κ2) is 5.81. The number of pyridine rings is 2. The van der Waals surface area contributed by atoms with Crippen LogP contribution in [-0.2, 0) is 5.75 Å². The summed E-state index contributed by atoms with van der Waals surface area (Å²) in [5, 5.41) is 2.78. The first-order chi connectivity index (χ1) is 9.72. The van der Waals surface area contributed by atoms with Crippen LogP contribution < -0.4 is 0 Å². The van der Waals surface area contributed by atoms with Gasteiger partial charge in [-0.05, 0) is 36.2 Å². The number of fused-ring (bicyclic) bond motifs is 1. The molecule has 0 spiro atoms. The van der Waals surface area contributed by atoms with Gasteiger partial charge in [0.2, 0.25) is 0 Å². The number of halogens is 1. The minimum absolute atomic E-state index is 0.526. The third-order valence-electron chi connectivity index (χ3n) is 3.07. The summed E-state index contributed by atoms with van der Waals surface area (Å²) in [7, 11) is 0. The Hall–Kier alpha value is -1.58. The van der Waals surface area contributed by atoms with Crippen molar-refractivity contribution in [1.29, 1.82) is 0 Å². The van der Waals surface area contributed by atoms with Crippen molar-refractivity contribution in [2.75, 3.05) is 0 Å². The summed E-state index contributed by atoms with van der Waals surface area (Å²) in [4.78, 5) is 8.78. The van der Waals surface area contributed by atoms with E-state index in [1.54, 1.807) is 11.8 Å². The Bertz CT molecular complexity index is 741. The lowest BCUT2D eigenvalue weighted by Gasteiger charge is -2.06. The second-order valence-corrected chi connectivity index (χ2v) is 5.96. The molecule has 3 rings (SSSR count). The van der Waals surface area contributed by atoms with E-state index in [1.165, 1.54) is 10.9 Å². The molecule has 0 aliphatic carbocycles. The Morgan fingerprint density at radius 2 is 2.00 bits per heavy atom. The molecule has 0 radical (unpaired) electrons. The van der Waals surface area contributed by atoms with Crippen molar-refractivity contribution in [3.63, 3.8) is 0 Å². The first-order valence-electron chi connectivity index (χ1n) is 6.32. The Kier molecular flexibility index (Phi) is 3.90. The van der Waals surface area contributed by atoms with E-state index in [-0.39, 0.29) is 0 Å². The number of nitrogens with zero attached hydrogens (tertiary/aromatic N) is 2. The van der Waals surface area contributed by atoms with Crippen molar-refractivity contribution in [3.05, 3.63) is 64.9 Å². The Morgan fingerprint density at radius 1 is 1.15 bits per heavy atom. The van der Waals surface area contributed by atoms with E-state index in [0.717, 1.165) is 21.9 Å². The lowest BCUT2D eigenvalue weighted by Crippen LogP contribution is -1.88. The van der Waals surface area contributed by atoms with Gasteiger partial charge in [0, 0.05) is 17.3 Å². The number of rotatable bonds is 3. The molecule has 0 aliphatic rings. The third kappa shape index (κ3) is 2.94. The molecule has 2 aromatic heterocycles. The number of thioether (sulfide) groups is 1. The van der Waals surface area contributed by atoms with Crippen LogP contribution in [0.1, 0.15) is 11.1 Å². The summed E-state index contributed by atoms with van der Waals surface area (Å²) in [5.74, 6) is 0.842. The molecule has 0 aliphatic heterocycles. The average Bonchev–Trinajstić information content (AvgIpc) is 2.47. The molecule has 100 valence electrons. The van der Waals surface area contributed by atoms with Gasteiger partial charge < -0.3 is 0 Å². The molecule has 0 unspecified atom stereocenters. The number of aryl methyl sites for hydroxylation is 1. The zero-order valence-electron chi connectivity index (χ0n) is 11.0. The number of hydrogen-bond donors (Lipinski definition) is 0. The zero-order valence-corrected chi connectivity index (χ0v) is 12.6. The fourth-order valence-corrected chi connectivity index (χ4v) is 3.06. The van der Waals surface area contributed by atoms with Gasteiger partial charge in [0.1, 0.15) is 5.15 Å². The topological polar surface area (TPSA) is 25.8 Å². The van der Waals surface area contributed by atoms with Gasteiger partial charge in [-0.1, -0.05) is 35.9 Å². The minimum atomic E-state index is 0.526. The zero-order chi connectivity index (χ0) is 13.9. The Morgan fingerprint density at radius 3 is 2.80 bits per heavy atom. The van der Waals surface area contributed by atoms with E-state index in [2.05, 4.69) is 35.1 Å². The standard InChI is InChI=1S/C16H13ClN2S/c1-11-8-16(19-14-5-3-2-4-13(11)14)20-10-12-6-7-15(17)18-9-12/h2-9H,10H2,1H3. The molecule has 0 amide bonds. The maximum Gasteiger partial charge on any atom is 0.129 e. The predicted octanol–water partition coefficient (Wildman–Crippen LogP) is 4.88. The highest BCUT2D eigenvalue weighted by molar-refractivity contribution is 7.98. The number of para-hydroxylation sites is 1. The van der Waals surface area contributed by atoms with Crippen LogP contribution >= 0.6 is 23.4 Å². The summed E-state index contributed by atoms with van der Waals surface area (Å²) in [6.07, 6.45) is 1.81. The second-order valence-electron chi connectivity index (χ2n) is 4.57. The van der Waals surface area contributed by atoms with Crippen molar-refractivity contribution in [3.8, 4) is 0 Å². The van der Waals surface area contributed by atoms with Crippen LogP contribution in [0.5, 0.6) is 0 Å². The fraction of sp³-hybridized carbons (Fsp3) is 0.125. The summed E-state index contributed by atoms with van der Waals surface area (Å²) < 4.78 is 0. The summed E-state index contributed by atoms with van der Waals surface area (Å²) in [5.41, 5.74) is 3.45. The Labute approximate surface area is 127 Å². The van der Waals surface area contributed by atoms with Crippen LogP contribution in [0, 0.1) is 6.92 Å². The Balaban J connectivity index is 1.82. The molecule has 0 saturated carbocycles. The van der Waals surface area contributed by atoms with Crippen LogP contribution in [0.15, 0.2) is 53.7 Å². The molecular formula is C16H13ClN2S. The molecule has 0 fully saturated rings. The van der Waals surface area contributed by atoms with Crippen molar-refractivity contribution in [2.24, 2.45) is 0 Å². The van der Waals surface area contributed by atoms with E-state index >= 15 is 0 Å². The molecule has 0 saturated heterocycles. The van der Waals surface area contributed by atoms with Gasteiger partial charge in [0.25, 0.3) is 0 Å². The normalized spacial score (nSPS) is 10.9. The lowest BCUT2D eigenvalue weighted by atomic mass is 10.1. The van der Waals surface area contributed by atoms with E-state index < -0.39 is 0 Å². The SMILES string of the molecule is Cc1cc(SCc2ccc(Cl)nc2)nc2ccccc12. The highest BCUT2D eigenvalue weighted by Crippen LogP contribution is 2.26. The maximum atomic E-state index is 5.78. The van der Waals surface area contributed by atoms with Crippen LogP contribution in [0.3, 0.4) is 0 Å². The molecule has 0 N–H and O–H groups in total. The quantitative estimate of drug-likeness (QED) is 0.509. The van der Waals surface area contributed by atoms with Crippen molar-refractivity contribution in [1.82, 2.24) is 9.97 Å². The van der Waals surface area contributed by atoms with E-state index in [4.69, 9.17) is 11.6 Å².